The number of Topliss-reactive ketones (excluding diaryl/α,β-unsaturated/α-hetero) is 1. The average Bonchev–Trinajstić information content (AvgIpc) is 3.22. The summed E-state index contributed by atoms with van der Waals surface area (Å²) in [6.45, 7) is 3.16. The molecule has 0 N–H and O–H groups in total. The van der Waals surface area contributed by atoms with E-state index in [-0.39, 0.29) is 28.0 Å². The lowest BCUT2D eigenvalue weighted by Crippen LogP contribution is -2.29. The molecule has 1 aliphatic heterocycles. The maximum Gasteiger partial charge on any atom is 0.343 e. The molecule has 9 heteroatoms. The molecular weight excluding hydrogens is 546 g/mol. The lowest BCUT2D eigenvalue weighted by atomic mass is 10.1. The van der Waals surface area contributed by atoms with Crippen LogP contribution in [-0.2, 0) is 4.74 Å². The fraction of sp³-hybridized carbons (Fsp3) is 0.0938. The Morgan fingerprint density at radius 2 is 1.34 bits per heavy atom. The smallest absolute Gasteiger partial charge is 0.343 e. The summed E-state index contributed by atoms with van der Waals surface area (Å²) in [6.07, 6.45) is 0. The Kier molecular flexibility index (Phi) is 7.50. The number of amides is 2. The van der Waals surface area contributed by atoms with E-state index in [2.05, 4.69) is 0 Å². The van der Waals surface area contributed by atoms with Crippen LogP contribution in [0, 0.1) is 13.8 Å². The van der Waals surface area contributed by atoms with Gasteiger partial charge in [0.25, 0.3) is 11.8 Å². The lowest BCUT2D eigenvalue weighted by Gasteiger charge is -2.14. The zero-order chi connectivity index (χ0) is 29.3. The third-order valence-electron chi connectivity index (χ3n) is 6.54. The number of carbonyl (C=O) groups excluding carboxylic acids is 5. The molecule has 4 aromatic rings. The summed E-state index contributed by atoms with van der Waals surface area (Å²) in [6, 6.07) is 21.6. The molecule has 204 valence electrons. The van der Waals surface area contributed by atoms with Crippen molar-refractivity contribution < 1.29 is 33.4 Å². The van der Waals surface area contributed by atoms with Gasteiger partial charge in [0, 0.05) is 10.6 Å². The standard InChI is InChI=1S/C32H22ClNO7/c1-18-3-6-21(7-4-18)32(39)41-24-12-8-20(9-13-24)28(35)17-40-31(38)22-10-14-25-26(15-22)30(37)34(29(25)36)23-11-5-19(2)27(33)16-23/h3-16H,17H2,1-2H3. The minimum absolute atomic E-state index is 0.0138. The number of anilines is 1. The summed E-state index contributed by atoms with van der Waals surface area (Å²) < 4.78 is 10.5. The topological polar surface area (TPSA) is 107 Å². The van der Waals surface area contributed by atoms with E-state index in [9.17, 15) is 24.0 Å². The number of nitrogens with zero attached hydrogens (tertiary/aromatic N) is 1. The molecule has 0 saturated heterocycles. The molecule has 4 aromatic carbocycles. The minimum atomic E-state index is -0.832. The molecule has 1 aliphatic rings. The van der Waals surface area contributed by atoms with E-state index in [1.807, 2.05) is 6.92 Å². The molecule has 0 aromatic heterocycles. The van der Waals surface area contributed by atoms with Crippen molar-refractivity contribution in [3.63, 3.8) is 0 Å². The van der Waals surface area contributed by atoms with E-state index in [1.165, 1.54) is 48.5 Å². The number of ketones is 1. The van der Waals surface area contributed by atoms with Gasteiger partial charge in [-0.2, -0.15) is 0 Å². The van der Waals surface area contributed by atoms with Gasteiger partial charge in [0.15, 0.2) is 12.4 Å². The number of imide groups is 1. The minimum Gasteiger partial charge on any atom is -0.454 e. The quantitative estimate of drug-likeness (QED) is 0.116. The molecule has 1 heterocycles. The number of hydrogen-bond donors (Lipinski definition) is 0. The lowest BCUT2D eigenvalue weighted by molar-refractivity contribution is 0.0474. The fourth-order valence-corrected chi connectivity index (χ4v) is 4.36. The Morgan fingerprint density at radius 3 is 2.02 bits per heavy atom. The first-order valence-electron chi connectivity index (χ1n) is 12.5. The molecule has 41 heavy (non-hydrogen) atoms. The van der Waals surface area contributed by atoms with E-state index in [4.69, 9.17) is 21.1 Å². The molecule has 0 unspecified atom stereocenters. The van der Waals surface area contributed by atoms with Crippen molar-refractivity contribution in [3.05, 3.63) is 129 Å². The molecule has 5 rings (SSSR count). The van der Waals surface area contributed by atoms with E-state index < -0.39 is 36.1 Å². The average molecular weight is 568 g/mol. The van der Waals surface area contributed by atoms with Gasteiger partial charge < -0.3 is 9.47 Å². The molecule has 0 fully saturated rings. The van der Waals surface area contributed by atoms with Gasteiger partial charge in [-0.1, -0.05) is 35.4 Å². The first-order valence-corrected chi connectivity index (χ1v) is 12.9. The number of aryl methyl sites for hydroxylation is 2. The van der Waals surface area contributed by atoms with Gasteiger partial charge in [-0.05, 0) is 86.1 Å². The molecule has 0 saturated carbocycles. The van der Waals surface area contributed by atoms with Crippen LogP contribution < -0.4 is 9.64 Å². The van der Waals surface area contributed by atoms with Crippen molar-refractivity contribution >= 4 is 46.8 Å². The summed E-state index contributed by atoms with van der Waals surface area (Å²) in [5.41, 5.74) is 2.97. The highest BCUT2D eigenvalue weighted by Gasteiger charge is 2.37. The van der Waals surface area contributed by atoms with Crippen molar-refractivity contribution in [3.8, 4) is 5.75 Å². The predicted molar refractivity (Wildman–Crippen MR) is 151 cm³/mol. The van der Waals surface area contributed by atoms with Crippen molar-refractivity contribution in [1.82, 2.24) is 0 Å². The molecule has 0 spiro atoms. The largest absolute Gasteiger partial charge is 0.454 e. The van der Waals surface area contributed by atoms with Crippen LogP contribution in [0.1, 0.15) is 62.9 Å². The number of rotatable bonds is 7. The Hall–Kier alpha value is -5.08. The van der Waals surface area contributed by atoms with Gasteiger partial charge in [0.2, 0.25) is 0 Å². The number of ether oxygens (including phenoxy) is 2. The molecule has 8 nitrogen and oxygen atoms in total. The second-order valence-electron chi connectivity index (χ2n) is 9.42. The highest BCUT2D eigenvalue weighted by Crippen LogP contribution is 2.31. The summed E-state index contributed by atoms with van der Waals surface area (Å²) >= 11 is 6.17. The van der Waals surface area contributed by atoms with Gasteiger partial charge in [-0.3, -0.25) is 14.4 Å². The molecule has 0 atom stereocenters. The number of esters is 2. The van der Waals surface area contributed by atoms with Crippen LogP contribution in [0.4, 0.5) is 5.69 Å². The van der Waals surface area contributed by atoms with Crippen LogP contribution in [0.3, 0.4) is 0 Å². The Labute approximate surface area is 240 Å². The van der Waals surface area contributed by atoms with Crippen LogP contribution >= 0.6 is 11.6 Å². The number of hydrogen-bond acceptors (Lipinski definition) is 7. The van der Waals surface area contributed by atoms with Crippen molar-refractivity contribution in [2.75, 3.05) is 11.5 Å². The van der Waals surface area contributed by atoms with E-state index in [1.54, 1.807) is 43.3 Å². The van der Waals surface area contributed by atoms with Crippen LogP contribution in [0.5, 0.6) is 5.75 Å². The molecule has 0 radical (unpaired) electrons. The van der Waals surface area contributed by atoms with Crippen molar-refractivity contribution in [1.29, 1.82) is 0 Å². The number of benzene rings is 4. The summed E-state index contributed by atoms with van der Waals surface area (Å²) in [7, 11) is 0. The zero-order valence-corrected chi connectivity index (χ0v) is 22.7. The highest BCUT2D eigenvalue weighted by molar-refractivity contribution is 6.36. The van der Waals surface area contributed by atoms with Gasteiger partial charge in [0.1, 0.15) is 5.75 Å². The SMILES string of the molecule is Cc1ccc(C(=O)Oc2ccc(C(=O)COC(=O)c3ccc4c(c3)C(=O)N(c3ccc(C)c(Cl)c3)C4=O)cc2)cc1. The van der Waals surface area contributed by atoms with E-state index >= 15 is 0 Å². The number of carbonyl (C=O) groups is 5. The summed E-state index contributed by atoms with van der Waals surface area (Å²) in [4.78, 5) is 64.5. The van der Waals surface area contributed by atoms with Crippen LogP contribution in [0.15, 0.2) is 84.9 Å². The zero-order valence-electron chi connectivity index (χ0n) is 22.0. The van der Waals surface area contributed by atoms with Crippen molar-refractivity contribution in [2.45, 2.75) is 13.8 Å². The third kappa shape index (κ3) is 5.64. The molecular formula is C32H22ClNO7. The highest BCUT2D eigenvalue weighted by atomic mass is 35.5. The Balaban J connectivity index is 1.21. The maximum absolute atomic E-state index is 13.0. The van der Waals surface area contributed by atoms with Crippen LogP contribution in [0.2, 0.25) is 5.02 Å². The normalized spacial score (nSPS) is 12.2. The van der Waals surface area contributed by atoms with E-state index in [0.717, 1.165) is 16.0 Å². The van der Waals surface area contributed by atoms with Gasteiger partial charge in [0.05, 0.1) is 27.9 Å². The van der Waals surface area contributed by atoms with Crippen LogP contribution in [-0.4, -0.2) is 36.1 Å². The van der Waals surface area contributed by atoms with Gasteiger partial charge in [-0.25, -0.2) is 14.5 Å². The Bertz CT molecular complexity index is 1730. The molecule has 2 amide bonds. The third-order valence-corrected chi connectivity index (χ3v) is 6.95. The number of fused-ring (bicyclic) bond motifs is 1. The predicted octanol–water partition coefficient (Wildman–Crippen LogP) is 6.02. The monoisotopic (exact) mass is 567 g/mol. The van der Waals surface area contributed by atoms with E-state index in [0.29, 0.717) is 16.3 Å². The summed E-state index contributed by atoms with van der Waals surface area (Å²) in [5.74, 6) is -2.72. The maximum atomic E-state index is 13.0. The van der Waals surface area contributed by atoms with Gasteiger partial charge >= 0.3 is 11.9 Å². The second-order valence-corrected chi connectivity index (χ2v) is 9.83. The first-order chi connectivity index (χ1) is 19.6. The fourth-order valence-electron chi connectivity index (χ4n) is 4.19. The van der Waals surface area contributed by atoms with Gasteiger partial charge in [-0.15, -0.1) is 0 Å². The Morgan fingerprint density at radius 1 is 0.707 bits per heavy atom. The first kappa shape index (κ1) is 27.5. The summed E-state index contributed by atoms with van der Waals surface area (Å²) in [5, 5.41) is 0.408. The molecule has 0 aliphatic carbocycles. The van der Waals surface area contributed by atoms with Crippen LogP contribution in [0.25, 0.3) is 0 Å². The second kappa shape index (κ2) is 11.2. The van der Waals surface area contributed by atoms with Crippen molar-refractivity contribution in [2.24, 2.45) is 0 Å². The molecule has 0 bridgehead atoms. The number of halogens is 1.